The Balaban J connectivity index is 1.50. The van der Waals surface area contributed by atoms with Crippen molar-refractivity contribution in [3.63, 3.8) is 0 Å². The predicted molar refractivity (Wildman–Crippen MR) is 94.1 cm³/mol. The summed E-state index contributed by atoms with van der Waals surface area (Å²) in [5, 5.41) is 30.6. The molecule has 0 spiro atoms. The molecule has 1 aromatic rings. The van der Waals surface area contributed by atoms with E-state index in [2.05, 4.69) is 4.98 Å². The largest absolute Gasteiger partial charge is 0.445 e. The molecule has 2 saturated heterocycles. The molecule has 146 valence electrons. The molecule has 0 unspecified atom stereocenters. The van der Waals surface area contributed by atoms with Crippen LogP contribution < -0.4 is 0 Å². The highest BCUT2D eigenvalue weighted by Crippen LogP contribution is 2.38. The van der Waals surface area contributed by atoms with Crippen LogP contribution in [0, 0.1) is 11.8 Å². The van der Waals surface area contributed by atoms with E-state index in [1.807, 2.05) is 13.8 Å². The SMILES string of the molecule is C/C(=C\c1ncco1)C[C@@H]1OC[C@H](C[C@@H]2O[C@H]2[C@@H](C)[C@H](C)O)[C@@H](O)[C@H]1O. The molecule has 8 atom stereocenters. The van der Waals surface area contributed by atoms with E-state index in [-0.39, 0.29) is 24.0 Å². The van der Waals surface area contributed by atoms with E-state index >= 15 is 0 Å². The van der Waals surface area contributed by atoms with Crippen molar-refractivity contribution in [3.05, 3.63) is 23.9 Å². The standard InChI is InChI=1S/C19H29NO6/c1-10(7-16-20-4-5-24-16)6-14-18(23)17(22)13(9-25-14)8-15-19(26-15)11(2)12(3)21/h4-5,7,11-15,17-19,21-23H,6,8-9H2,1-3H3/b10-7+/t11-,12-,13-,14-,15-,17+,18-,19-/m0/s1. The minimum atomic E-state index is -0.951. The van der Waals surface area contributed by atoms with Gasteiger partial charge < -0.3 is 29.2 Å². The fourth-order valence-electron chi connectivity index (χ4n) is 3.60. The first-order chi connectivity index (χ1) is 12.4. The highest BCUT2D eigenvalue weighted by molar-refractivity contribution is 5.42. The van der Waals surface area contributed by atoms with Crippen LogP contribution in [0.3, 0.4) is 0 Å². The maximum atomic E-state index is 10.5. The van der Waals surface area contributed by atoms with Crippen molar-refractivity contribution in [3.8, 4) is 0 Å². The number of nitrogens with zero attached hydrogens (tertiary/aromatic N) is 1. The molecule has 7 nitrogen and oxygen atoms in total. The molecule has 0 aliphatic carbocycles. The topological polar surface area (TPSA) is 108 Å². The first kappa shape index (κ1) is 19.5. The third-order valence-corrected chi connectivity index (χ3v) is 5.52. The second kappa shape index (κ2) is 8.19. The van der Waals surface area contributed by atoms with E-state index in [0.717, 1.165) is 5.57 Å². The number of ether oxygens (including phenoxy) is 2. The summed E-state index contributed by atoms with van der Waals surface area (Å²) >= 11 is 0. The highest BCUT2D eigenvalue weighted by atomic mass is 16.6. The van der Waals surface area contributed by atoms with Gasteiger partial charge in [-0.15, -0.1) is 0 Å². The molecule has 0 saturated carbocycles. The quantitative estimate of drug-likeness (QED) is 0.625. The highest BCUT2D eigenvalue weighted by Gasteiger charge is 2.48. The van der Waals surface area contributed by atoms with Gasteiger partial charge in [-0.25, -0.2) is 4.98 Å². The van der Waals surface area contributed by atoms with Gasteiger partial charge in [0.2, 0.25) is 5.89 Å². The lowest BCUT2D eigenvalue weighted by Crippen LogP contribution is -2.50. The summed E-state index contributed by atoms with van der Waals surface area (Å²) in [7, 11) is 0. The molecule has 2 aliphatic heterocycles. The summed E-state index contributed by atoms with van der Waals surface area (Å²) in [6.07, 6.45) is 3.34. The van der Waals surface area contributed by atoms with Crippen LogP contribution in [0.2, 0.25) is 0 Å². The minimum absolute atomic E-state index is 0.0123. The first-order valence-corrected chi connectivity index (χ1v) is 9.24. The smallest absolute Gasteiger partial charge is 0.218 e. The molecule has 3 heterocycles. The molecule has 26 heavy (non-hydrogen) atoms. The van der Waals surface area contributed by atoms with Gasteiger partial charge in [0.05, 0.1) is 43.3 Å². The van der Waals surface area contributed by atoms with Crippen LogP contribution in [0.25, 0.3) is 6.08 Å². The van der Waals surface area contributed by atoms with Crippen LogP contribution in [-0.2, 0) is 9.47 Å². The zero-order valence-electron chi connectivity index (χ0n) is 15.5. The van der Waals surface area contributed by atoms with Gasteiger partial charge >= 0.3 is 0 Å². The Bertz CT molecular complexity index is 601. The Labute approximate surface area is 153 Å². The molecule has 7 heteroatoms. The Morgan fingerprint density at radius 3 is 2.73 bits per heavy atom. The lowest BCUT2D eigenvalue weighted by molar-refractivity contribution is -0.165. The van der Waals surface area contributed by atoms with Crippen molar-refractivity contribution in [2.75, 3.05) is 6.61 Å². The number of hydrogen-bond acceptors (Lipinski definition) is 7. The Morgan fingerprint density at radius 1 is 1.31 bits per heavy atom. The van der Waals surface area contributed by atoms with Crippen LogP contribution in [0.15, 0.2) is 22.5 Å². The normalized spacial score (nSPS) is 37.4. The average molecular weight is 367 g/mol. The van der Waals surface area contributed by atoms with Crippen molar-refractivity contribution >= 4 is 6.08 Å². The predicted octanol–water partition coefficient (Wildman–Crippen LogP) is 1.38. The van der Waals surface area contributed by atoms with E-state index in [4.69, 9.17) is 13.9 Å². The monoisotopic (exact) mass is 367 g/mol. The van der Waals surface area contributed by atoms with Gasteiger partial charge in [-0.2, -0.15) is 0 Å². The van der Waals surface area contributed by atoms with E-state index in [0.29, 0.717) is 25.3 Å². The summed E-state index contributed by atoms with van der Waals surface area (Å²) in [5.74, 6) is 0.395. The maximum Gasteiger partial charge on any atom is 0.218 e. The second-order valence-corrected chi connectivity index (χ2v) is 7.65. The number of aliphatic hydroxyl groups excluding tert-OH is 3. The summed E-state index contributed by atoms with van der Waals surface area (Å²) in [5.41, 5.74) is 0.957. The van der Waals surface area contributed by atoms with Gasteiger partial charge in [0.15, 0.2) is 0 Å². The molecule has 1 aromatic heterocycles. The zero-order valence-corrected chi connectivity index (χ0v) is 15.5. The number of hydrogen-bond donors (Lipinski definition) is 3. The van der Waals surface area contributed by atoms with Crippen molar-refractivity contribution in [1.82, 2.24) is 4.98 Å². The molecular formula is C19H29NO6. The molecule has 3 rings (SSSR count). The number of epoxide rings is 1. The van der Waals surface area contributed by atoms with E-state index < -0.39 is 24.4 Å². The van der Waals surface area contributed by atoms with Gasteiger partial charge in [0.1, 0.15) is 12.4 Å². The maximum absolute atomic E-state index is 10.5. The van der Waals surface area contributed by atoms with Crippen LogP contribution in [0.4, 0.5) is 0 Å². The third kappa shape index (κ3) is 4.53. The molecular weight excluding hydrogens is 338 g/mol. The molecule has 3 N–H and O–H groups in total. The van der Waals surface area contributed by atoms with Crippen LogP contribution in [0.5, 0.6) is 0 Å². The summed E-state index contributed by atoms with van der Waals surface area (Å²) in [6.45, 7) is 6.01. The van der Waals surface area contributed by atoms with Gasteiger partial charge in [0, 0.05) is 11.8 Å². The number of aromatic nitrogens is 1. The lowest BCUT2D eigenvalue weighted by Gasteiger charge is -2.38. The molecule has 0 amide bonds. The molecule has 0 radical (unpaired) electrons. The van der Waals surface area contributed by atoms with Gasteiger partial charge in [0.25, 0.3) is 0 Å². The molecule has 2 fully saturated rings. The van der Waals surface area contributed by atoms with Crippen LogP contribution in [0.1, 0.15) is 39.5 Å². The number of oxazole rings is 1. The van der Waals surface area contributed by atoms with Gasteiger partial charge in [-0.1, -0.05) is 12.5 Å². The van der Waals surface area contributed by atoms with Gasteiger partial charge in [-0.05, 0) is 32.8 Å². The fourth-order valence-corrected chi connectivity index (χ4v) is 3.60. The van der Waals surface area contributed by atoms with E-state index in [9.17, 15) is 15.3 Å². The van der Waals surface area contributed by atoms with E-state index in [1.54, 1.807) is 19.2 Å². The van der Waals surface area contributed by atoms with Gasteiger partial charge in [-0.3, -0.25) is 0 Å². The Kier molecular flexibility index (Phi) is 6.14. The van der Waals surface area contributed by atoms with Crippen molar-refractivity contribution < 1.29 is 29.2 Å². The number of aliphatic hydroxyl groups is 3. The summed E-state index contributed by atoms with van der Waals surface area (Å²) in [6, 6.07) is 0. The lowest BCUT2D eigenvalue weighted by atomic mass is 9.85. The third-order valence-electron chi connectivity index (χ3n) is 5.52. The first-order valence-electron chi connectivity index (χ1n) is 9.24. The zero-order chi connectivity index (χ0) is 18.8. The molecule has 2 aliphatic rings. The Hall–Kier alpha value is -1.25. The van der Waals surface area contributed by atoms with Crippen molar-refractivity contribution in [2.45, 2.75) is 70.2 Å². The minimum Gasteiger partial charge on any atom is -0.445 e. The number of rotatable bonds is 7. The van der Waals surface area contributed by atoms with Crippen molar-refractivity contribution in [1.29, 1.82) is 0 Å². The summed E-state index contributed by atoms with van der Waals surface area (Å²) in [4.78, 5) is 4.04. The molecule has 0 bridgehead atoms. The van der Waals surface area contributed by atoms with Crippen LogP contribution in [-0.4, -0.2) is 63.5 Å². The van der Waals surface area contributed by atoms with Crippen LogP contribution >= 0.6 is 0 Å². The fraction of sp³-hybridized carbons (Fsp3) is 0.737. The summed E-state index contributed by atoms with van der Waals surface area (Å²) < 4.78 is 16.7. The van der Waals surface area contributed by atoms with Crippen molar-refractivity contribution in [2.24, 2.45) is 11.8 Å². The second-order valence-electron chi connectivity index (χ2n) is 7.65. The average Bonchev–Trinajstić information content (AvgIpc) is 3.17. The van der Waals surface area contributed by atoms with E-state index in [1.165, 1.54) is 6.26 Å². The Morgan fingerprint density at radius 2 is 2.08 bits per heavy atom. The molecule has 0 aromatic carbocycles.